The number of nitrogens with zero attached hydrogens (tertiary/aromatic N) is 2. The molecule has 0 N–H and O–H groups in total. The summed E-state index contributed by atoms with van der Waals surface area (Å²) in [6.45, 7) is 0. The number of hydrazone groups is 1. The van der Waals surface area contributed by atoms with Gasteiger partial charge in [-0.2, -0.15) is 5.10 Å². The number of amides is 1. The normalized spacial score (nSPS) is 16.2. The number of benzene rings is 3. The van der Waals surface area contributed by atoms with Crippen LogP contribution in [0.3, 0.4) is 0 Å². The minimum absolute atomic E-state index is 0.200. The lowest BCUT2D eigenvalue weighted by atomic mass is 9.98. The lowest BCUT2D eigenvalue weighted by Gasteiger charge is -2.22. The zero-order valence-corrected chi connectivity index (χ0v) is 17.8. The zero-order valence-electron chi connectivity index (χ0n) is 14.6. The van der Waals surface area contributed by atoms with Gasteiger partial charge in [-0.1, -0.05) is 52.3 Å². The number of hydrogen-bond acceptors (Lipinski definition) is 2. The van der Waals surface area contributed by atoms with E-state index in [0.29, 0.717) is 16.5 Å². The highest BCUT2D eigenvalue weighted by Crippen LogP contribution is 2.35. The predicted octanol–water partition coefficient (Wildman–Crippen LogP) is 6.34. The molecule has 0 spiro atoms. The molecule has 0 bridgehead atoms. The maximum absolute atomic E-state index is 13.4. The van der Waals surface area contributed by atoms with Crippen LogP contribution < -0.4 is 0 Å². The monoisotopic (exact) mass is 500 g/mol. The predicted molar refractivity (Wildman–Crippen MR) is 115 cm³/mol. The maximum atomic E-state index is 13.4. The number of rotatable bonds is 3. The fourth-order valence-corrected chi connectivity index (χ4v) is 3.94. The molecule has 1 amide bonds. The highest BCUT2D eigenvalue weighted by Gasteiger charge is 2.34. The van der Waals surface area contributed by atoms with Crippen molar-refractivity contribution in [3.8, 4) is 0 Å². The van der Waals surface area contributed by atoms with Crippen LogP contribution in [0, 0.1) is 5.82 Å². The maximum Gasteiger partial charge on any atom is 0.275 e. The summed E-state index contributed by atoms with van der Waals surface area (Å²) < 4.78 is 15.1. The van der Waals surface area contributed by atoms with E-state index in [9.17, 15) is 9.18 Å². The Morgan fingerprint density at radius 1 is 0.964 bits per heavy atom. The minimum atomic E-state index is -0.306. The number of carbonyl (C=O) groups excluding carboxylic acids is 1. The molecule has 0 saturated carbocycles. The van der Waals surface area contributed by atoms with E-state index in [2.05, 4.69) is 37.0 Å². The quantitative estimate of drug-likeness (QED) is 0.412. The van der Waals surface area contributed by atoms with Crippen LogP contribution in [0.1, 0.15) is 33.9 Å². The van der Waals surface area contributed by atoms with Gasteiger partial charge in [0.15, 0.2) is 0 Å². The van der Waals surface area contributed by atoms with E-state index in [1.807, 2.05) is 42.5 Å². The summed E-state index contributed by atoms with van der Waals surface area (Å²) in [6.07, 6.45) is 0.559. The van der Waals surface area contributed by atoms with Gasteiger partial charge in [-0.3, -0.25) is 4.79 Å². The third-order valence-corrected chi connectivity index (χ3v) is 5.88. The molecule has 28 heavy (non-hydrogen) atoms. The van der Waals surface area contributed by atoms with E-state index >= 15 is 0 Å². The van der Waals surface area contributed by atoms with Crippen molar-refractivity contribution in [3.05, 3.63) is 104 Å². The van der Waals surface area contributed by atoms with Crippen molar-refractivity contribution in [2.24, 2.45) is 5.10 Å². The second kappa shape index (κ2) is 7.97. The van der Waals surface area contributed by atoms with E-state index < -0.39 is 0 Å². The number of halogens is 3. The standard InChI is InChI=1S/C22H15Br2FN2O/c23-16-9-5-14(6-10-16)20-13-21(15-7-11-17(25)12-8-15)27(26-20)22(28)18-3-1-2-4-19(18)24/h1-12,21H,13H2. The first-order chi connectivity index (χ1) is 13.5. The Morgan fingerprint density at radius 2 is 1.64 bits per heavy atom. The first-order valence-electron chi connectivity index (χ1n) is 8.70. The van der Waals surface area contributed by atoms with Crippen LogP contribution in [0.25, 0.3) is 0 Å². The van der Waals surface area contributed by atoms with Crippen molar-refractivity contribution in [2.45, 2.75) is 12.5 Å². The molecule has 140 valence electrons. The van der Waals surface area contributed by atoms with Crippen LogP contribution in [0.5, 0.6) is 0 Å². The molecule has 0 aliphatic carbocycles. The molecule has 3 aromatic carbocycles. The topological polar surface area (TPSA) is 32.7 Å². The molecular weight excluding hydrogens is 487 g/mol. The van der Waals surface area contributed by atoms with Gasteiger partial charge in [0.05, 0.1) is 17.3 Å². The second-order valence-corrected chi connectivity index (χ2v) is 8.22. The third kappa shape index (κ3) is 3.80. The van der Waals surface area contributed by atoms with Crippen LogP contribution >= 0.6 is 31.9 Å². The van der Waals surface area contributed by atoms with Crippen molar-refractivity contribution in [1.82, 2.24) is 5.01 Å². The molecule has 1 unspecified atom stereocenters. The van der Waals surface area contributed by atoms with Crippen molar-refractivity contribution in [1.29, 1.82) is 0 Å². The van der Waals surface area contributed by atoms with Crippen LogP contribution in [-0.4, -0.2) is 16.6 Å². The Balaban J connectivity index is 1.75. The Kier molecular flexibility index (Phi) is 5.42. The summed E-state index contributed by atoms with van der Waals surface area (Å²) in [4.78, 5) is 13.3. The lowest BCUT2D eigenvalue weighted by Crippen LogP contribution is -2.27. The average molecular weight is 502 g/mol. The fourth-order valence-electron chi connectivity index (χ4n) is 3.22. The molecule has 3 nitrogen and oxygen atoms in total. The molecule has 0 saturated heterocycles. The van der Waals surface area contributed by atoms with Gasteiger partial charge in [0.25, 0.3) is 5.91 Å². The van der Waals surface area contributed by atoms with Crippen LogP contribution in [0.4, 0.5) is 4.39 Å². The van der Waals surface area contributed by atoms with Gasteiger partial charge in [0.2, 0.25) is 0 Å². The highest BCUT2D eigenvalue weighted by molar-refractivity contribution is 9.10. The molecule has 1 aliphatic rings. The number of carbonyl (C=O) groups is 1. The SMILES string of the molecule is O=C(c1ccccc1Br)N1N=C(c2ccc(Br)cc2)CC1c1ccc(F)cc1. The fraction of sp³-hybridized carbons (Fsp3) is 0.0909. The first kappa shape index (κ1) is 19.0. The van der Waals surface area contributed by atoms with Crippen LogP contribution in [-0.2, 0) is 0 Å². The molecule has 0 fully saturated rings. The Labute approximate surface area is 179 Å². The Bertz CT molecular complexity index is 1050. The molecule has 3 aromatic rings. The minimum Gasteiger partial charge on any atom is -0.267 e. The molecule has 1 heterocycles. The van der Waals surface area contributed by atoms with E-state index in [-0.39, 0.29) is 17.8 Å². The van der Waals surface area contributed by atoms with Gasteiger partial charge in [0.1, 0.15) is 5.82 Å². The van der Waals surface area contributed by atoms with Crippen molar-refractivity contribution < 1.29 is 9.18 Å². The van der Waals surface area contributed by atoms with E-state index in [4.69, 9.17) is 0 Å². The van der Waals surface area contributed by atoms with E-state index in [0.717, 1.165) is 21.3 Å². The molecule has 1 atom stereocenters. The highest BCUT2D eigenvalue weighted by atomic mass is 79.9. The van der Waals surface area contributed by atoms with Gasteiger partial charge in [-0.15, -0.1) is 0 Å². The van der Waals surface area contributed by atoms with Gasteiger partial charge in [-0.25, -0.2) is 9.40 Å². The molecule has 0 aromatic heterocycles. The summed E-state index contributed by atoms with van der Waals surface area (Å²) >= 11 is 6.88. The zero-order chi connectivity index (χ0) is 19.7. The molecule has 0 radical (unpaired) electrons. The van der Waals surface area contributed by atoms with Crippen molar-refractivity contribution in [3.63, 3.8) is 0 Å². The largest absolute Gasteiger partial charge is 0.275 e. The molecular formula is C22H15Br2FN2O. The summed E-state index contributed by atoms with van der Waals surface area (Å²) in [6, 6.07) is 21.1. The first-order valence-corrected chi connectivity index (χ1v) is 10.3. The van der Waals surface area contributed by atoms with Gasteiger partial charge in [0, 0.05) is 15.4 Å². The summed E-state index contributed by atoms with van der Waals surface area (Å²) in [5.41, 5.74) is 3.16. The van der Waals surface area contributed by atoms with Gasteiger partial charge in [-0.05, 0) is 63.5 Å². The molecule has 6 heteroatoms. The summed E-state index contributed by atoms with van der Waals surface area (Å²) in [5.74, 6) is -0.506. The lowest BCUT2D eigenvalue weighted by molar-refractivity contribution is 0.0710. The summed E-state index contributed by atoms with van der Waals surface area (Å²) in [5, 5.41) is 6.16. The van der Waals surface area contributed by atoms with Crippen molar-refractivity contribution in [2.75, 3.05) is 0 Å². The van der Waals surface area contributed by atoms with Crippen LogP contribution in [0.15, 0.2) is 86.8 Å². The Morgan fingerprint density at radius 3 is 2.32 bits per heavy atom. The van der Waals surface area contributed by atoms with Gasteiger partial charge >= 0.3 is 0 Å². The van der Waals surface area contributed by atoms with Crippen molar-refractivity contribution >= 4 is 43.5 Å². The van der Waals surface area contributed by atoms with Gasteiger partial charge < -0.3 is 0 Å². The smallest absolute Gasteiger partial charge is 0.267 e. The van der Waals surface area contributed by atoms with E-state index in [1.165, 1.54) is 17.1 Å². The van der Waals surface area contributed by atoms with Crippen LogP contribution in [0.2, 0.25) is 0 Å². The van der Waals surface area contributed by atoms with E-state index in [1.54, 1.807) is 18.2 Å². The number of hydrogen-bond donors (Lipinski definition) is 0. The Hall–Kier alpha value is -2.31. The molecule has 1 aliphatic heterocycles. The second-order valence-electron chi connectivity index (χ2n) is 6.45. The summed E-state index contributed by atoms with van der Waals surface area (Å²) in [7, 11) is 0. The third-order valence-electron chi connectivity index (χ3n) is 4.65. The average Bonchev–Trinajstić information content (AvgIpc) is 3.14. The molecule has 4 rings (SSSR count).